The maximum absolute atomic E-state index is 12.7. The highest BCUT2D eigenvalue weighted by atomic mass is 16.5. The number of carbonyl (C=O) groups excluding carboxylic acids is 2. The molecule has 184 valence electrons. The highest BCUT2D eigenvalue weighted by Gasteiger charge is 2.15. The van der Waals surface area contributed by atoms with Crippen LogP contribution in [0.3, 0.4) is 0 Å². The zero-order valence-electron chi connectivity index (χ0n) is 20.4. The molecule has 0 unspecified atom stereocenters. The van der Waals surface area contributed by atoms with Crippen molar-refractivity contribution in [2.75, 3.05) is 13.2 Å². The van der Waals surface area contributed by atoms with E-state index < -0.39 is 5.97 Å². The first-order chi connectivity index (χ1) is 17.6. The number of hydrogen-bond acceptors (Lipinski definition) is 4. The fourth-order valence-corrected chi connectivity index (χ4v) is 4.01. The highest BCUT2D eigenvalue weighted by Crippen LogP contribution is 2.32. The largest absolute Gasteiger partial charge is 0.488 e. The Morgan fingerprint density at radius 1 is 0.917 bits per heavy atom. The van der Waals surface area contributed by atoms with Crippen molar-refractivity contribution in [2.45, 2.75) is 26.5 Å². The van der Waals surface area contributed by atoms with Crippen molar-refractivity contribution in [2.24, 2.45) is 0 Å². The number of benzene rings is 3. The van der Waals surface area contributed by atoms with Crippen LogP contribution in [0.5, 0.6) is 5.75 Å². The summed E-state index contributed by atoms with van der Waals surface area (Å²) >= 11 is 0. The molecule has 0 saturated heterocycles. The maximum Gasteiger partial charge on any atom is 0.330 e. The molecule has 0 radical (unpaired) electrons. The number of nitrogens with zero attached hydrogens (tertiary/aromatic N) is 1. The van der Waals surface area contributed by atoms with Crippen LogP contribution in [0.1, 0.15) is 23.6 Å². The number of carbonyl (C=O) groups is 2. The van der Waals surface area contributed by atoms with Crippen LogP contribution in [-0.2, 0) is 33.9 Å². The Bertz CT molecular complexity index is 1330. The first kappa shape index (κ1) is 24.8. The molecule has 0 aliphatic heterocycles. The SMILES string of the molecule is CCOC(=O)C=Cc1cn(CC(=O)NCCc2ccccc2)c2cccc(OCc3ccccc3)c12. The van der Waals surface area contributed by atoms with Gasteiger partial charge < -0.3 is 19.4 Å². The van der Waals surface area contributed by atoms with Gasteiger partial charge in [-0.15, -0.1) is 0 Å². The van der Waals surface area contributed by atoms with Gasteiger partial charge >= 0.3 is 5.97 Å². The molecule has 1 amide bonds. The van der Waals surface area contributed by atoms with Crippen LogP contribution < -0.4 is 10.1 Å². The Morgan fingerprint density at radius 2 is 1.64 bits per heavy atom. The molecule has 4 rings (SSSR count). The van der Waals surface area contributed by atoms with Gasteiger partial charge in [0.15, 0.2) is 0 Å². The molecular formula is C30H30N2O4. The molecule has 1 heterocycles. The number of amides is 1. The van der Waals surface area contributed by atoms with E-state index in [2.05, 4.69) is 5.32 Å². The lowest BCUT2D eigenvalue weighted by molar-refractivity contribution is -0.137. The van der Waals surface area contributed by atoms with E-state index in [0.29, 0.717) is 25.5 Å². The van der Waals surface area contributed by atoms with Gasteiger partial charge in [-0.3, -0.25) is 4.79 Å². The number of hydrogen-bond donors (Lipinski definition) is 1. The van der Waals surface area contributed by atoms with Gasteiger partial charge in [0.1, 0.15) is 18.9 Å². The van der Waals surface area contributed by atoms with Crippen molar-refractivity contribution in [1.29, 1.82) is 0 Å². The van der Waals surface area contributed by atoms with Crippen LogP contribution in [-0.4, -0.2) is 29.6 Å². The summed E-state index contributed by atoms with van der Waals surface area (Å²) in [5.74, 6) is 0.183. The molecule has 1 aromatic heterocycles. The maximum atomic E-state index is 12.7. The van der Waals surface area contributed by atoms with Gasteiger partial charge in [0, 0.05) is 29.8 Å². The van der Waals surface area contributed by atoms with Gasteiger partial charge in [0.25, 0.3) is 0 Å². The number of nitrogens with one attached hydrogen (secondary N) is 1. The van der Waals surface area contributed by atoms with Crippen LogP contribution in [0.2, 0.25) is 0 Å². The molecular weight excluding hydrogens is 452 g/mol. The van der Waals surface area contributed by atoms with Gasteiger partial charge in [-0.05, 0) is 42.7 Å². The van der Waals surface area contributed by atoms with E-state index in [0.717, 1.165) is 28.5 Å². The van der Waals surface area contributed by atoms with Crippen LogP contribution in [0.15, 0.2) is 91.1 Å². The minimum atomic E-state index is -0.417. The summed E-state index contributed by atoms with van der Waals surface area (Å²) < 4.78 is 13.1. The lowest BCUT2D eigenvalue weighted by Crippen LogP contribution is -2.29. The molecule has 1 N–H and O–H groups in total. The van der Waals surface area contributed by atoms with E-state index in [1.807, 2.05) is 89.6 Å². The Morgan fingerprint density at radius 3 is 2.36 bits per heavy atom. The summed E-state index contributed by atoms with van der Waals surface area (Å²) in [6.45, 7) is 3.19. The Kier molecular flexibility index (Phi) is 8.54. The molecule has 0 bridgehead atoms. The second-order valence-electron chi connectivity index (χ2n) is 8.31. The van der Waals surface area contributed by atoms with E-state index in [1.54, 1.807) is 13.0 Å². The van der Waals surface area contributed by atoms with Gasteiger partial charge in [-0.25, -0.2) is 4.79 Å². The highest BCUT2D eigenvalue weighted by molar-refractivity contribution is 5.98. The third-order valence-electron chi connectivity index (χ3n) is 5.71. The van der Waals surface area contributed by atoms with Crippen molar-refractivity contribution in [3.63, 3.8) is 0 Å². The monoisotopic (exact) mass is 482 g/mol. The van der Waals surface area contributed by atoms with Gasteiger partial charge in [0.2, 0.25) is 5.91 Å². The number of rotatable bonds is 11. The molecule has 0 fully saturated rings. The second kappa shape index (κ2) is 12.4. The third-order valence-corrected chi connectivity index (χ3v) is 5.71. The molecule has 0 spiro atoms. The van der Waals surface area contributed by atoms with Crippen LogP contribution in [0.25, 0.3) is 17.0 Å². The number of ether oxygens (including phenoxy) is 2. The number of fused-ring (bicyclic) bond motifs is 1. The zero-order chi connectivity index (χ0) is 25.2. The summed E-state index contributed by atoms with van der Waals surface area (Å²) in [7, 11) is 0. The molecule has 0 aliphatic rings. The summed E-state index contributed by atoms with van der Waals surface area (Å²) in [4.78, 5) is 24.7. The van der Waals surface area contributed by atoms with Crippen molar-refractivity contribution in [1.82, 2.24) is 9.88 Å². The molecule has 0 saturated carbocycles. The summed E-state index contributed by atoms with van der Waals surface area (Å²) in [5, 5.41) is 3.84. The fraction of sp³-hybridized carbons (Fsp3) is 0.200. The van der Waals surface area contributed by atoms with Crippen LogP contribution >= 0.6 is 0 Å². The number of aromatic nitrogens is 1. The van der Waals surface area contributed by atoms with Crippen LogP contribution in [0.4, 0.5) is 0 Å². The van der Waals surface area contributed by atoms with E-state index >= 15 is 0 Å². The Labute approximate surface area is 211 Å². The van der Waals surface area contributed by atoms with E-state index in [-0.39, 0.29) is 12.5 Å². The number of esters is 1. The van der Waals surface area contributed by atoms with Gasteiger partial charge in [-0.2, -0.15) is 0 Å². The first-order valence-corrected chi connectivity index (χ1v) is 12.1. The molecule has 0 atom stereocenters. The van der Waals surface area contributed by atoms with E-state index in [9.17, 15) is 9.59 Å². The predicted octanol–water partition coefficient (Wildman–Crippen LogP) is 5.16. The minimum Gasteiger partial charge on any atom is -0.488 e. The molecule has 4 aromatic rings. The summed E-state index contributed by atoms with van der Waals surface area (Å²) in [6.07, 6.45) is 5.74. The smallest absolute Gasteiger partial charge is 0.330 e. The molecule has 3 aromatic carbocycles. The second-order valence-corrected chi connectivity index (χ2v) is 8.31. The lowest BCUT2D eigenvalue weighted by Gasteiger charge is -2.10. The Hall–Kier alpha value is -4.32. The summed E-state index contributed by atoms with van der Waals surface area (Å²) in [6, 6.07) is 25.7. The molecule has 36 heavy (non-hydrogen) atoms. The van der Waals surface area contributed by atoms with Crippen molar-refractivity contribution in [3.8, 4) is 5.75 Å². The third kappa shape index (κ3) is 6.63. The molecule has 0 aliphatic carbocycles. The summed E-state index contributed by atoms with van der Waals surface area (Å²) in [5.41, 5.74) is 3.85. The van der Waals surface area contributed by atoms with Gasteiger partial charge in [-0.1, -0.05) is 66.7 Å². The first-order valence-electron chi connectivity index (χ1n) is 12.1. The predicted molar refractivity (Wildman–Crippen MR) is 142 cm³/mol. The van der Waals surface area contributed by atoms with E-state index in [4.69, 9.17) is 9.47 Å². The van der Waals surface area contributed by atoms with Crippen LogP contribution in [0, 0.1) is 0 Å². The molecule has 6 heteroatoms. The normalized spacial score (nSPS) is 11.0. The fourth-order valence-electron chi connectivity index (χ4n) is 4.01. The lowest BCUT2D eigenvalue weighted by atomic mass is 10.1. The minimum absolute atomic E-state index is 0.0839. The topological polar surface area (TPSA) is 69.6 Å². The molecule has 6 nitrogen and oxygen atoms in total. The van der Waals surface area contributed by atoms with Crippen molar-refractivity contribution >= 4 is 28.9 Å². The quantitative estimate of drug-likeness (QED) is 0.237. The average molecular weight is 483 g/mol. The van der Waals surface area contributed by atoms with Crippen molar-refractivity contribution in [3.05, 3.63) is 108 Å². The Balaban J connectivity index is 1.55. The van der Waals surface area contributed by atoms with E-state index in [1.165, 1.54) is 11.6 Å². The van der Waals surface area contributed by atoms with Crippen molar-refractivity contribution < 1.29 is 19.1 Å². The zero-order valence-corrected chi connectivity index (χ0v) is 20.4. The standard InChI is InChI=1S/C30H30N2O4/c1-2-35-29(34)17-16-25-20-32(21-28(33)31-19-18-23-10-5-3-6-11-23)26-14-9-15-27(30(25)26)36-22-24-12-7-4-8-13-24/h3-17,20H,2,18-19,21-22H2,1H3,(H,31,33). The van der Waals surface area contributed by atoms with Gasteiger partial charge in [0.05, 0.1) is 12.1 Å². The average Bonchev–Trinajstić information content (AvgIpc) is 3.25.